The SMILES string of the molecule is Cc1cc(F)c2c(c1)C(=O)C(=O)N2CC=CC(=O)O. The molecule has 0 atom stereocenters. The fourth-order valence-corrected chi connectivity index (χ4v) is 1.95. The van der Waals surface area contributed by atoms with Crippen LogP contribution in [0.15, 0.2) is 24.3 Å². The van der Waals surface area contributed by atoms with E-state index >= 15 is 0 Å². The molecule has 2 rings (SSSR count). The third kappa shape index (κ3) is 2.24. The lowest BCUT2D eigenvalue weighted by Gasteiger charge is -2.14. The number of amides is 1. The molecule has 0 unspecified atom stereocenters. The van der Waals surface area contributed by atoms with E-state index in [2.05, 4.69) is 0 Å². The normalized spacial score (nSPS) is 14.3. The third-order valence-corrected chi connectivity index (χ3v) is 2.71. The zero-order chi connectivity index (χ0) is 14.2. The van der Waals surface area contributed by atoms with Gasteiger partial charge in [0.05, 0.1) is 11.3 Å². The van der Waals surface area contributed by atoms with Crippen molar-refractivity contribution >= 4 is 23.3 Å². The van der Waals surface area contributed by atoms with Crippen LogP contribution in [0.4, 0.5) is 10.1 Å². The van der Waals surface area contributed by atoms with Gasteiger partial charge in [-0.3, -0.25) is 14.5 Å². The summed E-state index contributed by atoms with van der Waals surface area (Å²) in [7, 11) is 0. The summed E-state index contributed by atoms with van der Waals surface area (Å²) in [5.74, 6) is -3.48. The van der Waals surface area contributed by atoms with E-state index < -0.39 is 23.5 Å². The maximum Gasteiger partial charge on any atom is 0.328 e. The van der Waals surface area contributed by atoms with Crippen molar-refractivity contribution in [1.82, 2.24) is 0 Å². The highest BCUT2D eigenvalue weighted by Crippen LogP contribution is 2.32. The Kier molecular flexibility index (Phi) is 3.16. The second-order valence-corrected chi connectivity index (χ2v) is 4.13. The molecule has 0 fully saturated rings. The smallest absolute Gasteiger partial charge is 0.328 e. The Morgan fingerprint density at radius 1 is 1.42 bits per heavy atom. The molecule has 1 aliphatic rings. The molecule has 0 radical (unpaired) electrons. The van der Waals surface area contributed by atoms with E-state index in [0.717, 1.165) is 11.0 Å². The zero-order valence-corrected chi connectivity index (χ0v) is 10.0. The van der Waals surface area contributed by atoms with Gasteiger partial charge in [0.25, 0.3) is 11.7 Å². The summed E-state index contributed by atoms with van der Waals surface area (Å²) in [4.78, 5) is 34.7. The van der Waals surface area contributed by atoms with E-state index in [4.69, 9.17) is 5.11 Å². The number of hydrogen-bond donors (Lipinski definition) is 1. The quantitative estimate of drug-likeness (QED) is 0.659. The Labute approximate surface area is 107 Å². The van der Waals surface area contributed by atoms with Crippen molar-refractivity contribution in [2.24, 2.45) is 0 Å². The molecule has 98 valence electrons. The van der Waals surface area contributed by atoms with Gasteiger partial charge < -0.3 is 5.11 Å². The Morgan fingerprint density at radius 2 is 2.11 bits per heavy atom. The van der Waals surface area contributed by atoms with Gasteiger partial charge in [-0.1, -0.05) is 6.08 Å². The second kappa shape index (κ2) is 4.64. The van der Waals surface area contributed by atoms with Gasteiger partial charge in [-0.2, -0.15) is 0 Å². The van der Waals surface area contributed by atoms with Crippen molar-refractivity contribution in [3.63, 3.8) is 0 Å². The van der Waals surface area contributed by atoms with Gasteiger partial charge in [-0.05, 0) is 24.6 Å². The molecule has 0 saturated carbocycles. The van der Waals surface area contributed by atoms with Crippen LogP contribution in [0.5, 0.6) is 0 Å². The first-order valence-corrected chi connectivity index (χ1v) is 5.47. The van der Waals surface area contributed by atoms with E-state index in [0.29, 0.717) is 5.56 Å². The minimum absolute atomic E-state index is 0.0197. The maximum absolute atomic E-state index is 13.8. The van der Waals surface area contributed by atoms with Gasteiger partial charge in [0.2, 0.25) is 0 Å². The molecule has 0 bridgehead atoms. The zero-order valence-electron chi connectivity index (χ0n) is 10.0. The van der Waals surface area contributed by atoms with Gasteiger partial charge in [0, 0.05) is 12.6 Å². The van der Waals surface area contributed by atoms with Crippen LogP contribution in [-0.4, -0.2) is 29.3 Å². The summed E-state index contributed by atoms with van der Waals surface area (Å²) in [6.07, 6.45) is 2.02. The number of halogens is 1. The van der Waals surface area contributed by atoms with Gasteiger partial charge in [-0.15, -0.1) is 0 Å². The van der Waals surface area contributed by atoms with Crippen molar-refractivity contribution in [2.45, 2.75) is 6.92 Å². The highest BCUT2D eigenvalue weighted by molar-refractivity contribution is 6.52. The van der Waals surface area contributed by atoms with Crippen LogP contribution >= 0.6 is 0 Å². The highest BCUT2D eigenvalue weighted by atomic mass is 19.1. The number of carboxylic acids is 1. The van der Waals surface area contributed by atoms with Crippen LogP contribution in [0.2, 0.25) is 0 Å². The van der Waals surface area contributed by atoms with Crippen molar-refractivity contribution in [3.8, 4) is 0 Å². The molecule has 1 aliphatic heterocycles. The summed E-state index contributed by atoms with van der Waals surface area (Å²) in [5, 5.41) is 8.46. The van der Waals surface area contributed by atoms with Gasteiger partial charge >= 0.3 is 5.97 Å². The molecular formula is C13H10FNO4. The average molecular weight is 263 g/mol. The molecule has 0 aromatic heterocycles. The third-order valence-electron chi connectivity index (χ3n) is 2.71. The number of aliphatic carboxylic acids is 1. The fourth-order valence-electron chi connectivity index (χ4n) is 1.95. The first kappa shape index (κ1) is 12.9. The minimum Gasteiger partial charge on any atom is -0.478 e. The summed E-state index contributed by atoms with van der Waals surface area (Å²) >= 11 is 0. The first-order chi connectivity index (χ1) is 8.91. The average Bonchev–Trinajstić information content (AvgIpc) is 2.54. The number of fused-ring (bicyclic) bond motifs is 1. The summed E-state index contributed by atoms with van der Waals surface area (Å²) in [5.41, 5.74) is 0.474. The lowest BCUT2D eigenvalue weighted by molar-refractivity contribution is -0.131. The number of carbonyl (C=O) groups is 3. The first-order valence-electron chi connectivity index (χ1n) is 5.47. The van der Waals surface area contributed by atoms with E-state index in [1.807, 2.05) is 0 Å². The standard InChI is InChI=1S/C13H10FNO4/c1-7-5-8-11(9(14)6-7)15(13(19)12(8)18)4-2-3-10(16)17/h2-3,5-6H,4H2,1H3,(H,16,17). The minimum atomic E-state index is -1.18. The van der Waals surface area contributed by atoms with E-state index in [1.54, 1.807) is 6.92 Å². The number of anilines is 1. The molecule has 1 aromatic carbocycles. The van der Waals surface area contributed by atoms with Crippen molar-refractivity contribution < 1.29 is 23.9 Å². The van der Waals surface area contributed by atoms with Crippen LogP contribution in [0.25, 0.3) is 0 Å². The summed E-state index contributed by atoms with van der Waals surface area (Å²) in [6, 6.07) is 2.66. The Morgan fingerprint density at radius 3 is 2.74 bits per heavy atom. The number of aryl methyl sites for hydroxylation is 1. The van der Waals surface area contributed by atoms with Crippen LogP contribution in [-0.2, 0) is 9.59 Å². The molecular weight excluding hydrogens is 253 g/mol. The van der Waals surface area contributed by atoms with Crippen LogP contribution in [0.3, 0.4) is 0 Å². The highest BCUT2D eigenvalue weighted by Gasteiger charge is 2.37. The summed E-state index contributed by atoms with van der Waals surface area (Å²) < 4.78 is 13.8. The lowest BCUT2D eigenvalue weighted by atomic mass is 10.1. The Hall–Kier alpha value is -2.50. The molecule has 5 nitrogen and oxygen atoms in total. The van der Waals surface area contributed by atoms with E-state index in [1.165, 1.54) is 18.2 Å². The molecule has 1 amide bonds. The van der Waals surface area contributed by atoms with Crippen molar-refractivity contribution in [3.05, 3.63) is 41.2 Å². The van der Waals surface area contributed by atoms with E-state index in [-0.39, 0.29) is 17.8 Å². The number of hydrogen-bond acceptors (Lipinski definition) is 3. The van der Waals surface area contributed by atoms with Crippen molar-refractivity contribution in [2.75, 3.05) is 11.4 Å². The predicted octanol–water partition coefficient (Wildman–Crippen LogP) is 1.30. The molecule has 19 heavy (non-hydrogen) atoms. The Bertz CT molecular complexity index is 621. The predicted molar refractivity (Wildman–Crippen MR) is 64.6 cm³/mol. The number of carbonyl (C=O) groups excluding carboxylic acids is 2. The number of benzene rings is 1. The molecule has 0 aliphatic carbocycles. The molecule has 6 heteroatoms. The van der Waals surface area contributed by atoms with Crippen molar-refractivity contribution in [1.29, 1.82) is 0 Å². The van der Waals surface area contributed by atoms with Crippen LogP contribution in [0.1, 0.15) is 15.9 Å². The van der Waals surface area contributed by atoms with Gasteiger partial charge in [-0.25, -0.2) is 9.18 Å². The number of rotatable bonds is 3. The molecule has 1 N–H and O–H groups in total. The number of Topliss-reactive ketones (excluding diaryl/α,β-unsaturated/α-hetero) is 1. The van der Waals surface area contributed by atoms with Crippen LogP contribution in [0, 0.1) is 12.7 Å². The fraction of sp³-hybridized carbons (Fsp3) is 0.154. The molecule has 0 saturated heterocycles. The largest absolute Gasteiger partial charge is 0.478 e. The lowest BCUT2D eigenvalue weighted by Crippen LogP contribution is -2.30. The Balaban J connectivity index is 2.41. The number of carboxylic acid groups (broad SMARTS) is 1. The maximum atomic E-state index is 13.8. The molecule has 1 aromatic rings. The topological polar surface area (TPSA) is 74.7 Å². The number of nitrogens with zero attached hydrogens (tertiary/aromatic N) is 1. The van der Waals surface area contributed by atoms with Gasteiger partial charge in [0.15, 0.2) is 0 Å². The second-order valence-electron chi connectivity index (χ2n) is 4.13. The van der Waals surface area contributed by atoms with E-state index in [9.17, 15) is 18.8 Å². The molecule has 1 heterocycles. The summed E-state index contributed by atoms with van der Waals surface area (Å²) in [6.45, 7) is 1.46. The number of ketones is 1. The van der Waals surface area contributed by atoms with Crippen LogP contribution < -0.4 is 4.90 Å². The van der Waals surface area contributed by atoms with Gasteiger partial charge in [0.1, 0.15) is 5.82 Å². The molecule has 0 spiro atoms. The monoisotopic (exact) mass is 263 g/mol.